The zero-order valence-corrected chi connectivity index (χ0v) is 14.9. The Morgan fingerprint density at radius 1 is 1.30 bits per heavy atom. The van der Waals surface area contributed by atoms with E-state index in [0.29, 0.717) is 54.7 Å². The molecule has 0 aromatic carbocycles. The zero-order chi connectivity index (χ0) is 18.4. The molecule has 0 spiro atoms. The van der Waals surface area contributed by atoms with E-state index in [1.165, 1.54) is 4.52 Å². The van der Waals surface area contributed by atoms with Crippen molar-refractivity contribution in [2.24, 2.45) is 0 Å². The van der Waals surface area contributed by atoms with Gasteiger partial charge in [0, 0.05) is 31.6 Å². The van der Waals surface area contributed by atoms with Gasteiger partial charge < -0.3 is 14.0 Å². The van der Waals surface area contributed by atoms with Gasteiger partial charge in [-0.05, 0) is 6.92 Å². The van der Waals surface area contributed by atoms with Crippen LogP contribution in [0, 0.1) is 6.92 Å². The Kier molecular flexibility index (Phi) is 3.75. The molecule has 27 heavy (non-hydrogen) atoms. The van der Waals surface area contributed by atoms with E-state index in [4.69, 9.17) is 14.0 Å². The highest BCUT2D eigenvalue weighted by Crippen LogP contribution is 2.21. The molecule has 0 unspecified atom stereocenters. The third-order valence-electron chi connectivity index (χ3n) is 4.83. The first-order valence-electron chi connectivity index (χ1n) is 8.90. The molecule has 0 atom stereocenters. The fourth-order valence-corrected chi connectivity index (χ4v) is 3.51. The van der Waals surface area contributed by atoms with Crippen LogP contribution in [0.4, 0.5) is 0 Å². The molecule has 9 heteroatoms. The van der Waals surface area contributed by atoms with Crippen LogP contribution in [-0.2, 0) is 22.4 Å². The molecule has 0 amide bonds. The average Bonchev–Trinajstić information content (AvgIpc) is 3.30. The summed E-state index contributed by atoms with van der Waals surface area (Å²) in [6.07, 6.45) is 2.38. The molecule has 140 valence electrons. The largest absolute Gasteiger partial charge is 0.494 e. The normalized spacial score (nSPS) is 17.3. The van der Waals surface area contributed by atoms with E-state index in [1.54, 1.807) is 6.26 Å². The van der Waals surface area contributed by atoms with Gasteiger partial charge in [-0.1, -0.05) is 5.16 Å². The SMILES string of the molecule is Cc1cc(-c2cc3nc4c(c(=O)n3[nH]2)CN(CC2=COCCO2)CC4)no1. The second-order valence-electron chi connectivity index (χ2n) is 6.79. The summed E-state index contributed by atoms with van der Waals surface area (Å²) >= 11 is 0. The van der Waals surface area contributed by atoms with Crippen LogP contribution in [0.25, 0.3) is 17.0 Å². The van der Waals surface area contributed by atoms with E-state index >= 15 is 0 Å². The number of nitrogens with one attached hydrogen (secondary N) is 1. The van der Waals surface area contributed by atoms with Gasteiger partial charge in [-0.2, -0.15) is 0 Å². The third-order valence-corrected chi connectivity index (χ3v) is 4.83. The van der Waals surface area contributed by atoms with Crippen molar-refractivity contribution in [1.29, 1.82) is 0 Å². The van der Waals surface area contributed by atoms with Crippen LogP contribution in [0.1, 0.15) is 17.0 Å². The minimum atomic E-state index is -0.0824. The van der Waals surface area contributed by atoms with Gasteiger partial charge in [0.1, 0.15) is 36.7 Å². The lowest BCUT2D eigenvalue weighted by Crippen LogP contribution is -2.38. The first-order valence-corrected chi connectivity index (χ1v) is 8.90. The Labute approximate surface area is 154 Å². The van der Waals surface area contributed by atoms with Crippen LogP contribution in [0.3, 0.4) is 0 Å². The van der Waals surface area contributed by atoms with Crippen molar-refractivity contribution in [2.45, 2.75) is 19.9 Å². The van der Waals surface area contributed by atoms with E-state index < -0.39 is 0 Å². The van der Waals surface area contributed by atoms with Crippen LogP contribution in [-0.4, -0.2) is 51.0 Å². The molecular weight excluding hydrogens is 350 g/mol. The van der Waals surface area contributed by atoms with Gasteiger partial charge in [-0.15, -0.1) is 0 Å². The number of hydrogen-bond acceptors (Lipinski definition) is 7. The van der Waals surface area contributed by atoms with E-state index in [1.807, 2.05) is 19.1 Å². The van der Waals surface area contributed by atoms with E-state index in [0.717, 1.165) is 24.4 Å². The van der Waals surface area contributed by atoms with Crippen molar-refractivity contribution in [2.75, 3.05) is 26.3 Å². The molecule has 2 aliphatic heterocycles. The van der Waals surface area contributed by atoms with E-state index in [2.05, 4.69) is 20.1 Å². The Morgan fingerprint density at radius 3 is 3.00 bits per heavy atom. The predicted octanol–water partition coefficient (Wildman–Crippen LogP) is 1.23. The van der Waals surface area contributed by atoms with Crippen LogP contribution >= 0.6 is 0 Å². The average molecular weight is 369 g/mol. The van der Waals surface area contributed by atoms with Gasteiger partial charge in [0.25, 0.3) is 5.56 Å². The maximum Gasteiger partial charge on any atom is 0.277 e. The quantitative estimate of drug-likeness (QED) is 0.741. The summed E-state index contributed by atoms with van der Waals surface area (Å²) < 4.78 is 17.5. The standard InChI is InChI=1S/C18H19N5O4/c1-11-6-16(21-27-11)15-7-17-19-14-2-3-22(8-12-10-25-4-5-26-12)9-13(14)18(24)23(17)20-15/h6-7,10,20H,2-5,8-9H2,1H3. The van der Waals surface area contributed by atoms with Crippen molar-refractivity contribution in [3.63, 3.8) is 0 Å². The number of H-pyrrole nitrogens is 1. The van der Waals surface area contributed by atoms with Crippen LogP contribution in [0.15, 0.2) is 33.5 Å². The molecule has 5 heterocycles. The van der Waals surface area contributed by atoms with Crippen LogP contribution < -0.4 is 5.56 Å². The number of ether oxygens (including phenoxy) is 2. The number of aromatic nitrogens is 4. The molecule has 0 saturated heterocycles. The van der Waals surface area contributed by atoms with Gasteiger partial charge in [0.2, 0.25) is 0 Å². The first kappa shape index (κ1) is 16.1. The number of aryl methyl sites for hydroxylation is 1. The van der Waals surface area contributed by atoms with Gasteiger partial charge >= 0.3 is 0 Å². The van der Waals surface area contributed by atoms with E-state index in [9.17, 15) is 4.79 Å². The highest BCUT2D eigenvalue weighted by molar-refractivity contribution is 5.60. The molecule has 9 nitrogen and oxygen atoms in total. The molecule has 0 saturated carbocycles. The number of rotatable bonds is 3. The van der Waals surface area contributed by atoms with Crippen molar-refractivity contribution in [1.82, 2.24) is 24.7 Å². The molecule has 2 aliphatic rings. The monoisotopic (exact) mass is 369 g/mol. The Morgan fingerprint density at radius 2 is 2.22 bits per heavy atom. The summed E-state index contributed by atoms with van der Waals surface area (Å²) in [7, 11) is 0. The maximum atomic E-state index is 13.0. The molecule has 0 fully saturated rings. The second kappa shape index (κ2) is 6.27. The Bertz CT molecular complexity index is 1090. The Hall–Kier alpha value is -3.07. The number of aromatic amines is 1. The molecule has 3 aromatic rings. The minimum absolute atomic E-state index is 0.0824. The molecular formula is C18H19N5O4. The van der Waals surface area contributed by atoms with Crippen molar-refractivity contribution in [3.05, 3.63) is 51.5 Å². The highest BCUT2D eigenvalue weighted by atomic mass is 16.6. The smallest absolute Gasteiger partial charge is 0.277 e. The zero-order valence-electron chi connectivity index (χ0n) is 14.9. The Balaban J connectivity index is 1.47. The summed E-state index contributed by atoms with van der Waals surface area (Å²) in [4.78, 5) is 19.9. The summed E-state index contributed by atoms with van der Waals surface area (Å²) in [6.45, 7) is 4.94. The summed E-state index contributed by atoms with van der Waals surface area (Å²) in [5.41, 5.74) is 3.43. The van der Waals surface area contributed by atoms with Gasteiger partial charge in [0.15, 0.2) is 5.65 Å². The van der Waals surface area contributed by atoms with E-state index in [-0.39, 0.29) is 5.56 Å². The lowest BCUT2D eigenvalue weighted by atomic mass is 10.1. The van der Waals surface area contributed by atoms with Crippen LogP contribution in [0.2, 0.25) is 0 Å². The number of fused-ring (bicyclic) bond motifs is 2. The maximum absolute atomic E-state index is 13.0. The van der Waals surface area contributed by atoms with Crippen molar-refractivity contribution < 1.29 is 14.0 Å². The van der Waals surface area contributed by atoms with Crippen molar-refractivity contribution >= 4 is 5.65 Å². The predicted molar refractivity (Wildman–Crippen MR) is 95.0 cm³/mol. The summed E-state index contributed by atoms with van der Waals surface area (Å²) in [6, 6.07) is 3.64. The topological polar surface area (TPSA) is 97.9 Å². The molecule has 0 bridgehead atoms. The molecule has 1 N–H and O–H groups in total. The third kappa shape index (κ3) is 2.89. The fraction of sp³-hybridized carbons (Fsp3) is 0.389. The molecule has 0 radical (unpaired) electrons. The highest BCUT2D eigenvalue weighted by Gasteiger charge is 2.24. The lowest BCUT2D eigenvalue weighted by molar-refractivity contribution is 0.0674. The molecule has 5 rings (SSSR count). The van der Waals surface area contributed by atoms with Gasteiger partial charge in [-0.25, -0.2) is 9.50 Å². The fourth-order valence-electron chi connectivity index (χ4n) is 3.51. The van der Waals surface area contributed by atoms with Gasteiger partial charge in [0.05, 0.1) is 23.5 Å². The van der Waals surface area contributed by atoms with Crippen molar-refractivity contribution in [3.8, 4) is 11.4 Å². The second-order valence-corrected chi connectivity index (χ2v) is 6.79. The molecule has 3 aromatic heterocycles. The summed E-state index contributed by atoms with van der Waals surface area (Å²) in [5, 5.41) is 7.08. The minimum Gasteiger partial charge on any atom is -0.494 e. The first-order chi connectivity index (χ1) is 13.2. The number of nitrogens with zero attached hydrogens (tertiary/aromatic N) is 4. The summed E-state index contributed by atoms with van der Waals surface area (Å²) in [5.74, 6) is 1.50. The van der Waals surface area contributed by atoms with Gasteiger partial charge in [-0.3, -0.25) is 14.8 Å². The van der Waals surface area contributed by atoms with Crippen LogP contribution in [0.5, 0.6) is 0 Å². The lowest BCUT2D eigenvalue weighted by Gasteiger charge is -2.28. The molecule has 0 aliphatic carbocycles. The number of hydrogen-bond donors (Lipinski definition) is 1.